The largest absolute Gasteiger partial charge is 0.306 e. The van der Waals surface area contributed by atoms with Gasteiger partial charge in [0.25, 0.3) is 0 Å². The van der Waals surface area contributed by atoms with Gasteiger partial charge < -0.3 is 5.32 Å². The van der Waals surface area contributed by atoms with E-state index in [0.717, 1.165) is 11.6 Å². The van der Waals surface area contributed by atoms with E-state index in [2.05, 4.69) is 30.4 Å². The van der Waals surface area contributed by atoms with Crippen molar-refractivity contribution in [2.75, 3.05) is 6.54 Å². The average Bonchev–Trinajstić information content (AvgIpc) is 2.75. The number of rotatable bonds is 4. The summed E-state index contributed by atoms with van der Waals surface area (Å²) < 4.78 is 0. The minimum atomic E-state index is 0.269. The summed E-state index contributed by atoms with van der Waals surface area (Å²) in [6.45, 7) is 3.12. The van der Waals surface area contributed by atoms with Crippen molar-refractivity contribution >= 4 is 22.9 Å². The first-order valence-corrected chi connectivity index (χ1v) is 9.07. The minimum Gasteiger partial charge on any atom is -0.306 e. The topological polar surface area (TPSA) is 12.0 Å². The highest BCUT2D eigenvalue weighted by atomic mass is 35.5. The number of benzene rings is 1. The third-order valence-electron chi connectivity index (χ3n) is 4.14. The molecular formula is C18H22ClNS. The monoisotopic (exact) mass is 319 g/mol. The Morgan fingerprint density at radius 2 is 2.05 bits per heavy atom. The van der Waals surface area contributed by atoms with E-state index in [1.54, 1.807) is 10.4 Å². The molecule has 1 aliphatic carbocycles. The summed E-state index contributed by atoms with van der Waals surface area (Å²) >= 11 is 8.17. The fourth-order valence-corrected chi connectivity index (χ4v) is 4.67. The number of hydrogen-bond acceptors (Lipinski definition) is 2. The molecule has 0 radical (unpaired) electrons. The summed E-state index contributed by atoms with van der Waals surface area (Å²) in [5, 5.41) is 4.43. The molecule has 0 amide bonds. The van der Waals surface area contributed by atoms with Crippen LogP contribution >= 0.6 is 22.9 Å². The molecular weight excluding hydrogens is 298 g/mol. The molecule has 0 saturated carbocycles. The van der Waals surface area contributed by atoms with E-state index in [1.165, 1.54) is 42.5 Å². The maximum absolute atomic E-state index is 6.17. The van der Waals surface area contributed by atoms with Gasteiger partial charge in [-0.2, -0.15) is 0 Å². The molecule has 3 rings (SSSR count). The van der Waals surface area contributed by atoms with Crippen molar-refractivity contribution < 1.29 is 0 Å². The Morgan fingerprint density at radius 3 is 2.86 bits per heavy atom. The van der Waals surface area contributed by atoms with Crippen LogP contribution in [-0.4, -0.2) is 6.54 Å². The third kappa shape index (κ3) is 3.50. The fourth-order valence-electron chi connectivity index (χ4n) is 3.11. The van der Waals surface area contributed by atoms with Crippen LogP contribution in [-0.2, 0) is 12.8 Å². The van der Waals surface area contributed by atoms with Crippen LogP contribution < -0.4 is 5.32 Å². The lowest BCUT2D eigenvalue weighted by molar-refractivity contribution is 0.639. The first-order valence-electron chi connectivity index (χ1n) is 7.88. The molecule has 0 saturated heterocycles. The molecule has 2 aromatic rings. The molecule has 1 aromatic carbocycles. The van der Waals surface area contributed by atoms with Crippen LogP contribution in [0.5, 0.6) is 0 Å². The molecule has 1 aliphatic rings. The molecule has 0 spiro atoms. The highest BCUT2D eigenvalue weighted by Crippen LogP contribution is 2.35. The molecule has 1 atom stereocenters. The van der Waals surface area contributed by atoms with Gasteiger partial charge in [-0.1, -0.05) is 37.1 Å². The van der Waals surface area contributed by atoms with Gasteiger partial charge in [0.15, 0.2) is 0 Å². The second-order valence-electron chi connectivity index (χ2n) is 5.70. The van der Waals surface area contributed by atoms with Crippen LogP contribution in [0.4, 0.5) is 0 Å². The smallest absolute Gasteiger partial charge is 0.0671 e. The maximum atomic E-state index is 6.17. The number of fused-ring (bicyclic) bond motifs is 1. The molecule has 3 heteroatoms. The van der Waals surface area contributed by atoms with Crippen LogP contribution in [0.25, 0.3) is 0 Å². The zero-order chi connectivity index (χ0) is 14.7. The molecule has 1 nitrogen and oxygen atoms in total. The Labute approximate surface area is 136 Å². The quantitative estimate of drug-likeness (QED) is 0.747. The Balaban J connectivity index is 1.94. The summed E-state index contributed by atoms with van der Waals surface area (Å²) in [5.41, 5.74) is 2.85. The van der Waals surface area contributed by atoms with Gasteiger partial charge in [-0.3, -0.25) is 0 Å². The van der Waals surface area contributed by atoms with E-state index in [4.69, 9.17) is 11.6 Å². The summed E-state index contributed by atoms with van der Waals surface area (Å²) in [6.07, 6.45) is 6.57. The van der Waals surface area contributed by atoms with Gasteiger partial charge in [0.2, 0.25) is 0 Å². The second-order valence-corrected chi connectivity index (χ2v) is 7.31. The van der Waals surface area contributed by atoms with Crippen LogP contribution in [0.2, 0.25) is 5.02 Å². The Hall–Kier alpha value is -0.830. The number of nitrogens with one attached hydrogen (secondary N) is 1. The molecule has 1 aromatic heterocycles. The number of aryl methyl sites for hydroxylation is 2. The fraction of sp³-hybridized carbons (Fsp3) is 0.444. The average molecular weight is 320 g/mol. The van der Waals surface area contributed by atoms with Crippen LogP contribution in [0.15, 0.2) is 30.3 Å². The van der Waals surface area contributed by atoms with Gasteiger partial charge in [-0.15, -0.1) is 11.3 Å². The Bertz CT molecular complexity index is 582. The minimum absolute atomic E-state index is 0.269. The predicted molar refractivity (Wildman–Crippen MR) is 92.5 cm³/mol. The van der Waals surface area contributed by atoms with Crippen molar-refractivity contribution in [2.24, 2.45) is 0 Å². The molecule has 1 heterocycles. The summed E-state index contributed by atoms with van der Waals surface area (Å²) in [5.74, 6) is 0. The van der Waals surface area contributed by atoms with Crippen LogP contribution in [0.1, 0.15) is 53.1 Å². The highest BCUT2D eigenvalue weighted by molar-refractivity contribution is 7.12. The second kappa shape index (κ2) is 6.95. The maximum Gasteiger partial charge on any atom is 0.0671 e. The van der Waals surface area contributed by atoms with Gasteiger partial charge >= 0.3 is 0 Å². The first kappa shape index (κ1) is 15.1. The van der Waals surface area contributed by atoms with Gasteiger partial charge in [0, 0.05) is 14.8 Å². The SMILES string of the molecule is CCNC(c1cccc(Cl)c1)c1cc2c(s1)CCCCC2. The predicted octanol–water partition coefficient (Wildman–Crippen LogP) is 5.37. The van der Waals surface area contributed by atoms with E-state index in [1.807, 2.05) is 23.5 Å². The van der Waals surface area contributed by atoms with Crippen molar-refractivity contribution in [3.05, 3.63) is 56.2 Å². The van der Waals surface area contributed by atoms with E-state index in [9.17, 15) is 0 Å². The first-order chi connectivity index (χ1) is 10.3. The molecule has 1 unspecified atom stereocenters. The van der Waals surface area contributed by atoms with Crippen molar-refractivity contribution in [2.45, 2.75) is 45.1 Å². The molecule has 0 aliphatic heterocycles. The van der Waals surface area contributed by atoms with Gasteiger partial charge in [0.05, 0.1) is 6.04 Å². The summed E-state index contributed by atoms with van der Waals surface area (Å²) in [7, 11) is 0. The molecule has 21 heavy (non-hydrogen) atoms. The van der Waals surface area contributed by atoms with Gasteiger partial charge in [-0.25, -0.2) is 0 Å². The summed E-state index contributed by atoms with van der Waals surface area (Å²) in [4.78, 5) is 3.04. The van der Waals surface area contributed by atoms with E-state index in [-0.39, 0.29) is 6.04 Å². The van der Waals surface area contributed by atoms with Crippen LogP contribution in [0.3, 0.4) is 0 Å². The van der Waals surface area contributed by atoms with Gasteiger partial charge in [0.1, 0.15) is 0 Å². The normalized spacial score (nSPS) is 16.3. The van der Waals surface area contributed by atoms with Crippen molar-refractivity contribution in [3.63, 3.8) is 0 Å². The third-order valence-corrected chi connectivity index (χ3v) is 5.68. The summed E-state index contributed by atoms with van der Waals surface area (Å²) in [6, 6.07) is 10.9. The molecule has 112 valence electrons. The molecule has 1 N–H and O–H groups in total. The molecule has 0 fully saturated rings. The van der Waals surface area contributed by atoms with Crippen molar-refractivity contribution in [1.29, 1.82) is 0 Å². The standard InChI is InChI=1S/C18H22ClNS/c1-2-20-18(14-8-6-9-15(19)11-14)17-12-13-7-4-3-5-10-16(13)21-17/h6,8-9,11-12,18,20H,2-5,7,10H2,1H3. The molecule has 0 bridgehead atoms. The lowest BCUT2D eigenvalue weighted by atomic mass is 10.0. The highest BCUT2D eigenvalue weighted by Gasteiger charge is 2.19. The number of thiophene rings is 1. The number of halogens is 1. The van der Waals surface area contributed by atoms with E-state index < -0.39 is 0 Å². The Kier molecular flexibility index (Phi) is 4.99. The lowest BCUT2D eigenvalue weighted by Gasteiger charge is -2.17. The van der Waals surface area contributed by atoms with E-state index >= 15 is 0 Å². The Morgan fingerprint density at radius 1 is 1.19 bits per heavy atom. The zero-order valence-corrected chi connectivity index (χ0v) is 14.1. The van der Waals surface area contributed by atoms with Crippen LogP contribution in [0, 0.1) is 0 Å². The van der Waals surface area contributed by atoms with Gasteiger partial charge in [-0.05, 0) is 61.6 Å². The number of hydrogen-bond donors (Lipinski definition) is 1. The lowest BCUT2D eigenvalue weighted by Crippen LogP contribution is -2.21. The zero-order valence-electron chi connectivity index (χ0n) is 12.5. The van der Waals surface area contributed by atoms with E-state index in [0.29, 0.717) is 0 Å². The van der Waals surface area contributed by atoms with Crippen molar-refractivity contribution in [1.82, 2.24) is 5.32 Å². The van der Waals surface area contributed by atoms with Crippen molar-refractivity contribution in [3.8, 4) is 0 Å².